The number of anilines is 1. The number of fused-ring (bicyclic) bond motifs is 1. The zero-order valence-electron chi connectivity index (χ0n) is 17.4. The van der Waals surface area contributed by atoms with Crippen molar-refractivity contribution in [2.45, 2.75) is 20.4 Å². The molecule has 0 atom stereocenters. The number of nitrogens with zero attached hydrogens (tertiary/aromatic N) is 5. The van der Waals surface area contributed by atoms with Gasteiger partial charge in [-0.15, -0.1) is 0 Å². The molecule has 8 nitrogen and oxygen atoms in total. The molecule has 0 aliphatic carbocycles. The Hall–Kier alpha value is -4.12. The lowest BCUT2D eigenvalue weighted by molar-refractivity contribution is 0.287. The minimum absolute atomic E-state index is 0.549. The Kier molecular flexibility index (Phi) is 5.94. The zero-order chi connectivity index (χ0) is 21.6. The summed E-state index contributed by atoms with van der Waals surface area (Å²) in [7, 11) is 0. The average molecular weight is 414 g/mol. The first-order valence-corrected chi connectivity index (χ1v) is 10.0. The van der Waals surface area contributed by atoms with Crippen LogP contribution in [-0.4, -0.2) is 33.0 Å². The van der Waals surface area contributed by atoms with Gasteiger partial charge in [0.1, 0.15) is 12.1 Å². The molecule has 4 rings (SSSR count). The van der Waals surface area contributed by atoms with Gasteiger partial charge in [0, 0.05) is 6.54 Å². The Labute approximate surface area is 180 Å². The molecule has 0 saturated heterocycles. The molecule has 0 radical (unpaired) electrons. The molecule has 0 unspecified atom stereocenters. The molecule has 156 valence electrons. The van der Waals surface area contributed by atoms with Crippen LogP contribution in [0.5, 0.6) is 11.5 Å². The van der Waals surface area contributed by atoms with Crippen LogP contribution < -0.4 is 14.8 Å². The highest BCUT2D eigenvalue weighted by Gasteiger charge is 2.12. The topological polar surface area (TPSA) is 97.9 Å². The monoisotopic (exact) mass is 414 g/mol. The summed E-state index contributed by atoms with van der Waals surface area (Å²) in [6.07, 6.45) is 3.22. The molecule has 0 amide bonds. The summed E-state index contributed by atoms with van der Waals surface area (Å²) in [6.45, 7) is 5.59. The SMILES string of the molecule is CCOc1ccc(CNc2ncnc3c2cnn3-c2cccc(C#N)c2)cc1OCC. The second-order valence-corrected chi connectivity index (χ2v) is 6.68. The molecule has 0 bridgehead atoms. The number of rotatable bonds is 8. The molecule has 0 spiro atoms. The van der Waals surface area contributed by atoms with Crippen LogP contribution in [0.25, 0.3) is 16.7 Å². The van der Waals surface area contributed by atoms with Crippen molar-refractivity contribution in [2.75, 3.05) is 18.5 Å². The molecule has 8 heteroatoms. The van der Waals surface area contributed by atoms with Gasteiger partial charge in [-0.2, -0.15) is 10.4 Å². The number of nitrogens with one attached hydrogen (secondary N) is 1. The van der Waals surface area contributed by atoms with Gasteiger partial charge in [0.2, 0.25) is 0 Å². The van der Waals surface area contributed by atoms with Crippen LogP contribution in [-0.2, 0) is 6.54 Å². The zero-order valence-corrected chi connectivity index (χ0v) is 17.4. The number of aromatic nitrogens is 4. The summed E-state index contributed by atoms with van der Waals surface area (Å²) >= 11 is 0. The molecule has 1 N–H and O–H groups in total. The van der Waals surface area contributed by atoms with Crippen molar-refractivity contribution >= 4 is 16.9 Å². The third-order valence-corrected chi connectivity index (χ3v) is 4.65. The lowest BCUT2D eigenvalue weighted by Crippen LogP contribution is -2.04. The van der Waals surface area contributed by atoms with E-state index in [2.05, 4.69) is 26.5 Å². The van der Waals surface area contributed by atoms with E-state index in [1.54, 1.807) is 23.0 Å². The minimum Gasteiger partial charge on any atom is -0.490 e. The van der Waals surface area contributed by atoms with Gasteiger partial charge >= 0.3 is 0 Å². The Morgan fingerprint density at radius 1 is 1.03 bits per heavy atom. The first-order valence-electron chi connectivity index (χ1n) is 10.0. The van der Waals surface area contributed by atoms with Crippen LogP contribution in [0.3, 0.4) is 0 Å². The molecule has 31 heavy (non-hydrogen) atoms. The lowest BCUT2D eigenvalue weighted by Gasteiger charge is -2.13. The molecule has 0 saturated carbocycles. The van der Waals surface area contributed by atoms with Crippen LogP contribution in [0.4, 0.5) is 5.82 Å². The van der Waals surface area contributed by atoms with Crippen molar-refractivity contribution in [3.05, 3.63) is 66.1 Å². The number of ether oxygens (including phenoxy) is 2. The van der Waals surface area contributed by atoms with Crippen LogP contribution in [0.2, 0.25) is 0 Å². The molecule has 0 aliphatic heterocycles. The van der Waals surface area contributed by atoms with E-state index >= 15 is 0 Å². The highest BCUT2D eigenvalue weighted by Crippen LogP contribution is 2.29. The molecule has 0 aliphatic rings. The number of nitriles is 1. The predicted molar refractivity (Wildman–Crippen MR) is 117 cm³/mol. The van der Waals surface area contributed by atoms with E-state index in [4.69, 9.17) is 14.7 Å². The normalized spacial score (nSPS) is 10.6. The molecule has 2 heterocycles. The summed E-state index contributed by atoms with van der Waals surface area (Å²) in [5.74, 6) is 2.14. The van der Waals surface area contributed by atoms with E-state index in [0.717, 1.165) is 28.1 Å². The maximum Gasteiger partial charge on any atom is 0.168 e. The number of hydrogen-bond acceptors (Lipinski definition) is 7. The van der Waals surface area contributed by atoms with Gasteiger partial charge in [-0.05, 0) is 49.7 Å². The molecular formula is C23H22N6O2. The van der Waals surface area contributed by atoms with E-state index in [-0.39, 0.29) is 0 Å². The summed E-state index contributed by atoms with van der Waals surface area (Å²) in [4.78, 5) is 8.77. The Morgan fingerprint density at radius 2 is 1.87 bits per heavy atom. The van der Waals surface area contributed by atoms with Crippen molar-refractivity contribution in [3.8, 4) is 23.3 Å². The Balaban J connectivity index is 1.59. The minimum atomic E-state index is 0.549. The predicted octanol–water partition coefficient (Wildman–Crippen LogP) is 4.10. The maximum absolute atomic E-state index is 9.16. The van der Waals surface area contributed by atoms with E-state index < -0.39 is 0 Å². The average Bonchev–Trinajstić information content (AvgIpc) is 3.24. The van der Waals surface area contributed by atoms with Gasteiger partial charge in [0.25, 0.3) is 0 Å². The second kappa shape index (κ2) is 9.13. The first kappa shape index (κ1) is 20.2. The largest absolute Gasteiger partial charge is 0.490 e. The van der Waals surface area contributed by atoms with Crippen molar-refractivity contribution in [1.29, 1.82) is 5.26 Å². The van der Waals surface area contributed by atoms with Crippen LogP contribution in [0.1, 0.15) is 25.0 Å². The van der Waals surface area contributed by atoms with Gasteiger partial charge in [-0.25, -0.2) is 14.6 Å². The summed E-state index contributed by atoms with van der Waals surface area (Å²) in [5.41, 5.74) is 3.03. The van der Waals surface area contributed by atoms with Crippen molar-refractivity contribution < 1.29 is 9.47 Å². The van der Waals surface area contributed by atoms with Gasteiger partial charge in [-0.1, -0.05) is 12.1 Å². The van der Waals surface area contributed by atoms with Gasteiger partial charge < -0.3 is 14.8 Å². The molecular weight excluding hydrogens is 392 g/mol. The third kappa shape index (κ3) is 4.26. The molecule has 2 aromatic heterocycles. The van der Waals surface area contributed by atoms with E-state index in [1.165, 1.54) is 6.33 Å². The summed E-state index contributed by atoms with van der Waals surface area (Å²) in [5, 5.41) is 17.8. The number of benzene rings is 2. The molecule has 2 aromatic carbocycles. The fraction of sp³-hybridized carbons (Fsp3) is 0.217. The van der Waals surface area contributed by atoms with Crippen LogP contribution in [0, 0.1) is 11.3 Å². The lowest BCUT2D eigenvalue weighted by atomic mass is 10.2. The molecule has 4 aromatic rings. The molecule has 0 fully saturated rings. The van der Waals surface area contributed by atoms with Gasteiger partial charge in [-0.3, -0.25) is 0 Å². The maximum atomic E-state index is 9.16. The van der Waals surface area contributed by atoms with Gasteiger partial charge in [0.05, 0.1) is 42.1 Å². The summed E-state index contributed by atoms with van der Waals surface area (Å²) in [6, 6.07) is 15.3. The number of hydrogen-bond donors (Lipinski definition) is 1. The van der Waals surface area contributed by atoms with E-state index in [1.807, 2.05) is 44.2 Å². The fourth-order valence-electron chi connectivity index (χ4n) is 3.27. The highest BCUT2D eigenvalue weighted by atomic mass is 16.5. The van der Waals surface area contributed by atoms with Crippen molar-refractivity contribution in [1.82, 2.24) is 19.7 Å². The van der Waals surface area contributed by atoms with Gasteiger partial charge in [0.15, 0.2) is 17.1 Å². The third-order valence-electron chi connectivity index (χ3n) is 4.65. The standard InChI is InChI=1S/C23H22N6O2/c1-3-30-20-9-8-17(11-21(20)31-4-2)13-25-22-19-14-28-29(23(19)27-15-26-22)18-7-5-6-16(10-18)12-24/h5-11,14-15H,3-4,13H2,1-2H3,(H,25,26,27). The highest BCUT2D eigenvalue weighted by molar-refractivity contribution is 5.87. The van der Waals surface area contributed by atoms with E-state index in [9.17, 15) is 0 Å². The quantitative estimate of drug-likeness (QED) is 0.463. The second-order valence-electron chi connectivity index (χ2n) is 6.68. The van der Waals surface area contributed by atoms with Crippen LogP contribution >= 0.6 is 0 Å². The van der Waals surface area contributed by atoms with Crippen molar-refractivity contribution in [2.24, 2.45) is 0 Å². The van der Waals surface area contributed by atoms with E-state index in [0.29, 0.717) is 36.8 Å². The summed E-state index contributed by atoms with van der Waals surface area (Å²) < 4.78 is 13.0. The van der Waals surface area contributed by atoms with Crippen LogP contribution in [0.15, 0.2) is 55.0 Å². The first-order chi connectivity index (χ1) is 15.2. The Morgan fingerprint density at radius 3 is 2.68 bits per heavy atom. The smallest absolute Gasteiger partial charge is 0.168 e. The fourth-order valence-corrected chi connectivity index (χ4v) is 3.27. The van der Waals surface area contributed by atoms with Crippen molar-refractivity contribution in [3.63, 3.8) is 0 Å². The Bertz CT molecular complexity index is 1240.